The fraction of sp³-hybridized carbons (Fsp3) is 0.400. The van der Waals surface area contributed by atoms with E-state index in [9.17, 15) is 9.18 Å². The lowest BCUT2D eigenvalue weighted by atomic mass is 10.1. The number of pyridine rings is 1. The highest BCUT2D eigenvalue weighted by molar-refractivity contribution is 5.70. The van der Waals surface area contributed by atoms with Crippen LogP contribution in [0.25, 0.3) is 0 Å². The van der Waals surface area contributed by atoms with Crippen molar-refractivity contribution in [3.05, 3.63) is 54.0 Å². The molecule has 1 amide bonds. The summed E-state index contributed by atoms with van der Waals surface area (Å²) in [6.45, 7) is 5.56. The monoisotopic (exact) mass is 372 g/mol. The summed E-state index contributed by atoms with van der Waals surface area (Å²) < 4.78 is 19.4. The van der Waals surface area contributed by atoms with Crippen LogP contribution in [0.5, 0.6) is 5.75 Å². The minimum Gasteiger partial charge on any atom is -0.407 e. The molecular formula is C20H25FN4O2. The first-order valence-electron chi connectivity index (χ1n) is 9.04. The van der Waals surface area contributed by atoms with E-state index in [1.807, 2.05) is 24.3 Å². The van der Waals surface area contributed by atoms with Gasteiger partial charge in [0.2, 0.25) is 0 Å². The average Bonchev–Trinajstić information content (AvgIpc) is 2.69. The average molecular weight is 372 g/mol. The van der Waals surface area contributed by atoms with Gasteiger partial charge in [0.1, 0.15) is 5.82 Å². The Bertz CT molecular complexity index is 777. The van der Waals surface area contributed by atoms with E-state index in [4.69, 9.17) is 4.74 Å². The number of amides is 1. The maximum absolute atomic E-state index is 14.4. The van der Waals surface area contributed by atoms with E-state index < -0.39 is 11.9 Å². The minimum absolute atomic E-state index is 0.0513. The molecule has 6 nitrogen and oxygen atoms in total. The lowest BCUT2D eigenvalue weighted by Crippen LogP contribution is -2.47. The SMILES string of the molecule is CC(c1ccc(OC(=O)N(C)C)c(F)c1)N1CCN(c2ccccn2)CC1. The van der Waals surface area contributed by atoms with Crippen molar-refractivity contribution >= 4 is 11.9 Å². The van der Waals surface area contributed by atoms with E-state index >= 15 is 0 Å². The first-order valence-corrected chi connectivity index (χ1v) is 9.04. The zero-order valence-corrected chi connectivity index (χ0v) is 15.9. The third-order valence-electron chi connectivity index (χ3n) is 4.84. The Kier molecular flexibility index (Phi) is 5.91. The van der Waals surface area contributed by atoms with Crippen LogP contribution in [-0.2, 0) is 0 Å². The van der Waals surface area contributed by atoms with Gasteiger partial charge in [-0.2, -0.15) is 0 Å². The Morgan fingerprint density at radius 3 is 2.52 bits per heavy atom. The predicted molar refractivity (Wildman–Crippen MR) is 103 cm³/mol. The smallest absolute Gasteiger partial charge is 0.407 e. The number of piperazine rings is 1. The van der Waals surface area contributed by atoms with Crippen LogP contribution >= 0.6 is 0 Å². The number of halogens is 1. The van der Waals surface area contributed by atoms with Crippen LogP contribution in [0.3, 0.4) is 0 Å². The van der Waals surface area contributed by atoms with Crippen LogP contribution in [0, 0.1) is 5.82 Å². The van der Waals surface area contributed by atoms with E-state index in [2.05, 4.69) is 21.7 Å². The normalized spacial score (nSPS) is 16.1. The standard InChI is InChI=1S/C20H25FN4O2/c1-15(16-7-8-18(17(21)14-16)27-20(26)23(2)3)24-10-12-25(13-11-24)19-6-4-5-9-22-19/h4-9,14-15H,10-13H2,1-3H3. The zero-order valence-electron chi connectivity index (χ0n) is 15.9. The van der Waals surface area contributed by atoms with Gasteiger partial charge in [0.15, 0.2) is 11.6 Å². The number of carbonyl (C=O) groups is 1. The largest absolute Gasteiger partial charge is 0.414 e. The molecule has 1 aromatic carbocycles. The van der Waals surface area contributed by atoms with Gasteiger partial charge in [0.25, 0.3) is 0 Å². The Morgan fingerprint density at radius 2 is 1.93 bits per heavy atom. The highest BCUT2D eigenvalue weighted by Crippen LogP contribution is 2.27. The number of benzene rings is 1. The maximum atomic E-state index is 14.4. The van der Waals surface area contributed by atoms with E-state index in [0.29, 0.717) is 0 Å². The molecule has 1 aromatic heterocycles. The van der Waals surface area contributed by atoms with Gasteiger partial charge in [0, 0.05) is 52.5 Å². The Hall–Kier alpha value is -2.67. The Labute approximate surface area is 159 Å². The molecule has 0 aliphatic carbocycles. The summed E-state index contributed by atoms with van der Waals surface area (Å²) >= 11 is 0. The zero-order chi connectivity index (χ0) is 19.4. The minimum atomic E-state index is -0.597. The molecule has 0 saturated carbocycles. The summed E-state index contributed by atoms with van der Waals surface area (Å²) in [5, 5.41) is 0. The summed E-state index contributed by atoms with van der Waals surface area (Å²) in [5.74, 6) is 0.411. The van der Waals surface area contributed by atoms with Crippen molar-refractivity contribution in [3.8, 4) is 5.75 Å². The van der Waals surface area contributed by atoms with Crippen molar-refractivity contribution in [2.75, 3.05) is 45.2 Å². The molecule has 1 aliphatic rings. The van der Waals surface area contributed by atoms with Crippen LogP contribution in [0.2, 0.25) is 0 Å². The van der Waals surface area contributed by atoms with Gasteiger partial charge in [-0.3, -0.25) is 4.90 Å². The van der Waals surface area contributed by atoms with Gasteiger partial charge in [-0.1, -0.05) is 12.1 Å². The molecule has 2 heterocycles. The Balaban J connectivity index is 1.62. The number of ether oxygens (including phenoxy) is 1. The van der Waals surface area contributed by atoms with Gasteiger partial charge in [-0.05, 0) is 36.8 Å². The van der Waals surface area contributed by atoms with Crippen molar-refractivity contribution in [1.29, 1.82) is 0 Å². The molecule has 1 unspecified atom stereocenters. The van der Waals surface area contributed by atoms with Crippen LogP contribution in [0.15, 0.2) is 42.6 Å². The molecule has 1 aliphatic heterocycles. The van der Waals surface area contributed by atoms with Crippen LogP contribution in [0.1, 0.15) is 18.5 Å². The van der Waals surface area contributed by atoms with Gasteiger partial charge in [-0.25, -0.2) is 14.2 Å². The molecule has 2 aromatic rings. The number of anilines is 1. The van der Waals surface area contributed by atoms with Gasteiger partial charge >= 0.3 is 6.09 Å². The van der Waals surface area contributed by atoms with Crippen molar-refractivity contribution in [2.45, 2.75) is 13.0 Å². The number of rotatable bonds is 4. The van der Waals surface area contributed by atoms with E-state index in [-0.39, 0.29) is 11.8 Å². The fourth-order valence-corrected chi connectivity index (χ4v) is 3.14. The second-order valence-corrected chi connectivity index (χ2v) is 6.84. The molecule has 0 spiro atoms. The third-order valence-corrected chi connectivity index (χ3v) is 4.84. The third kappa shape index (κ3) is 4.54. The second kappa shape index (κ2) is 8.35. The number of hydrogen-bond acceptors (Lipinski definition) is 5. The first-order chi connectivity index (χ1) is 13.0. The fourth-order valence-electron chi connectivity index (χ4n) is 3.14. The summed E-state index contributed by atoms with van der Waals surface area (Å²) in [4.78, 5) is 21.8. The van der Waals surface area contributed by atoms with Crippen molar-refractivity contribution in [2.24, 2.45) is 0 Å². The van der Waals surface area contributed by atoms with Gasteiger partial charge in [0.05, 0.1) is 0 Å². The van der Waals surface area contributed by atoms with Crippen molar-refractivity contribution in [1.82, 2.24) is 14.8 Å². The van der Waals surface area contributed by atoms with Crippen molar-refractivity contribution < 1.29 is 13.9 Å². The lowest BCUT2D eigenvalue weighted by Gasteiger charge is -2.38. The lowest BCUT2D eigenvalue weighted by molar-refractivity contribution is 0.169. The molecule has 1 saturated heterocycles. The number of nitrogens with zero attached hydrogens (tertiary/aromatic N) is 4. The molecule has 1 fully saturated rings. The molecule has 0 bridgehead atoms. The summed E-state index contributed by atoms with van der Waals surface area (Å²) in [5.41, 5.74) is 0.864. The van der Waals surface area contributed by atoms with Crippen molar-refractivity contribution in [3.63, 3.8) is 0 Å². The van der Waals surface area contributed by atoms with Crippen LogP contribution in [0.4, 0.5) is 15.0 Å². The molecule has 1 atom stereocenters. The number of carbonyl (C=O) groups excluding carboxylic acids is 1. The van der Waals surface area contributed by atoms with Crippen LogP contribution in [-0.4, -0.2) is 61.2 Å². The summed E-state index contributed by atoms with van der Waals surface area (Å²) in [6, 6.07) is 10.8. The molecule has 3 rings (SSSR count). The molecule has 0 N–H and O–H groups in total. The summed E-state index contributed by atoms with van der Waals surface area (Å²) in [6.07, 6.45) is 1.21. The van der Waals surface area contributed by atoms with Crippen LogP contribution < -0.4 is 9.64 Å². The topological polar surface area (TPSA) is 48.9 Å². The molecule has 144 valence electrons. The van der Waals surface area contributed by atoms with E-state index in [1.165, 1.54) is 17.0 Å². The van der Waals surface area contributed by atoms with Gasteiger partial charge < -0.3 is 14.5 Å². The van der Waals surface area contributed by atoms with Gasteiger partial charge in [-0.15, -0.1) is 0 Å². The molecule has 0 radical (unpaired) electrons. The molecule has 27 heavy (non-hydrogen) atoms. The number of aromatic nitrogens is 1. The predicted octanol–water partition coefficient (Wildman–Crippen LogP) is 3.16. The number of hydrogen-bond donors (Lipinski definition) is 0. The summed E-state index contributed by atoms with van der Waals surface area (Å²) in [7, 11) is 3.11. The first kappa shape index (κ1) is 19.1. The quantitative estimate of drug-likeness (QED) is 0.825. The molecule has 7 heteroatoms. The van der Waals surface area contributed by atoms with E-state index in [0.717, 1.165) is 37.6 Å². The second-order valence-electron chi connectivity index (χ2n) is 6.84. The maximum Gasteiger partial charge on any atom is 0.414 e. The highest BCUT2D eigenvalue weighted by Gasteiger charge is 2.23. The molecular weight excluding hydrogens is 347 g/mol. The highest BCUT2D eigenvalue weighted by atomic mass is 19.1. The van der Waals surface area contributed by atoms with E-state index in [1.54, 1.807) is 20.3 Å². The Morgan fingerprint density at radius 1 is 1.19 bits per heavy atom.